The van der Waals surface area contributed by atoms with E-state index in [0.29, 0.717) is 6.04 Å². The summed E-state index contributed by atoms with van der Waals surface area (Å²) in [6, 6.07) is 8.80. The fourth-order valence-electron chi connectivity index (χ4n) is 2.27. The topological polar surface area (TPSA) is 12.0 Å². The summed E-state index contributed by atoms with van der Waals surface area (Å²) in [6.07, 6.45) is 5.40. The Labute approximate surface area is 120 Å². The van der Waals surface area contributed by atoms with Gasteiger partial charge in [0, 0.05) is 16.7 Å². The van der Waals surface area contributed by atoms with Crippen LogP contribution in [-0.2, 0) is 0 Å². The lowest BCUT2D eigenvalue weighted by Crippen LogP contribution is -2.41. The zero-order valence-electron chi connectivity index (χ0n) is 11.0. The van der Waals surface area contributed by atoms with Crippen molar-refractivity contribution in [2.45, 2.75) is 43.5 Å². The molecule has 1 saturated carbocycles. The summed E-state index contributed by atoms with van der Waals surface area (Å²) < 4.78 is 0. The summed E-state index contributed by atoms with van der Waals surface area (Å²) >= 11 is 8.09. The second kappa shape index (κ2) is 7.42. The quantitative estimate of drug-likeness (QED) is 0.734. The van der Waals surface area contributed by atoms with Gasteiger partial charge in [0.2, 0.25) is 0 Å². The maximum Gasteiger partial charge on any atom is 0.0541 e. The van der Waals surface area contributed by atoms with Crippen molar-refractivity contribution >= 4 is 23.4 Å². The number of benzene rings is 1. The Bertz CT molecular complexity index is 365. The molecule has 1 aromatic carbocycles. The van der Waals surface area contributed by atoms with Crippen LogP contribution < -0.4 is 5.32 Å². The first-order valence-electron chi connectivity index (χ1n) is 6.92. The van der Waals surface area contributed by atoms with Crippen molar-refractivity contribution in [2.75, 3.05) is 12.3 Å². The van der Waals surface area contributed by atoms with E-state index in [-0.39, 0.29) is 0 Å². The molecule has 100 valence electrons. The molecular weight excluding hydrogens is 262 g/mol. The highest BCUT2D eigenvalue weighted by molar-refractivity contribution is 7.99. The number of nitrogens with one attached hydrogen (secondary N) is 1. The molecule has 0 aliphatic heterocycles. The van der Waals surface area contributed by atoms with Crippen molar-refractivity contribution in [1.29, 1.82) is 0 Å². The first-order valence-corrected chi connectivity index (χ1v) is 8.28. The van der Waals surface area contributed by atoms with Crippen LogP contribution in [0.25, 0.3) is 0 Å². The van der Waals surface area contributed by atoms with Gasteiger partial charge in [-0.2, -0.15) is 0 Å². The predicted molar refractivity (Wildman–Crippen MR) is 81.6 cm³/mol. The van der Waals surface area contributed by atoms with Gasteiger partial charge in [-0.15, -0.1) is 11.8 Å². The van der Waals surface area contributed by atoms with Crippen LogP contribution in [0, 0.1) is 5.92 Å². The van der Waals surface area contributed by atoms with Crippen molar-refractivity contribution < 1.29 is 0 Å². The van der Waals surface area contributed by atoms with Gasteiger partial charge in [0.25, 0.3) is 0 Å². The largest absolute Gasteiger partial charge is 0.313 e. The SMILES string of the molecule is CCCNC(CSc1ccccc1Cl)C1CCC1. The van der Waals surface area contributed by atoms with Crippen LogP contribution in [0.4, 0.5) is 0 Å². The lowest BCUT2D eigenvalue weighted by atomic mass is 9.80. The molecule has 1 N–H and O–H groups in total. The molecule has 0 spiro atoms. The van der Waals surface area contributed by atoms with Crippen molar-refractivity contribution in [1.82, 2.24) is 5.32 Å². The summed E-state index contributed by atoms with van der Waals surface area (Å²) in [6.45, 7) is 3.36. The molecule has 0 saturated heterocycles. The van der Waals surface area contributed by atoms with Crippen molar-refractivity contribution in [3.05, 3.63) is 29.3 Å². The minimum Gasteiger partial charge on any atom is -0.313 e. The van der Waals surface area contributed by atoms with Crippen molar-refractivity contribution in [3.63, 3.8) is 0 Å². The summed E-state index contributed by atoms with van der Waals surface area (Å²) in [5, 5.41) is 4.58. The molecule has 2 rings (SSSR count). The fraction of sp³-hybridized carbons (Fsp3) is 0.600. The zero-order chi connectivity index (χ0) is 12.8. The lowest BCUT2D eigenvalue weighted by molar-refractivity contribution is 0.244. The second-order valence-electron chi connectivity index (χ2n) is 4.99. The van der Waals surface area contributed by atoms with Gasteiger partial charge in [-0.25, -0.2) is 0 Å². The van der Waals surface area contributed by atoms with E-state index in [4.69, 9.17) is 11.6 Å². The second-order valence-corrected chi connectivity index (χ2v) is 6.46. The summed E-state index contributed by atoms with van der Waals surface area (Å²) in [4.78, 5) is 1.21. The number of rotatable bonds is 7. The average molecular weight is 284 g/mol. The van der Waals surface area contributed by atoms with Gasteiger partial charge in [-0.3, -0.25) is 0 Å². The fourth-order valence-corrected chi connectivity index (χ4v) is 3.70. The summed E-state index contributed by atoms with van der Waals surface area (Å²) in [5.74, 6) is 2.01. The molecule has 1 nitrogen and oxygen atoms in total. The first-order chi connectivity index (χ1) is 8.81. The van der Waals surface area contributed by atoms with E-state index >= 15 is 0 Å². The highest BCUT2D eigenvalue weighted by Gasteiger charge is 2.26. The molecule has 0 radical (unpaired) electrons. The molecule has 1 atom stereocenters. The third-order valence-electron chi connectivity index (χ3n) is 3.63. The van der Waals surface area contributed by atoms with Crippen LogP contribution in [0.5, 0.6) is 0 Å². The minimum atomic E-state index is 0.653. The van der Waals surface area contributed by atoms with Gasteiger partial charge in [0.05, 0.1) is 5.02 Å². The number of thioether (sulfide) groups is 1. The van der Waals surface area contributed by atoms with E-state index in [1.165, 1.54) is 30.6 Å². The maximum atomic E-state index is 6.20. The van der Waals surface area contributed by atoms with E-state index in [1.54, 1.807) is 0 Å². The predicted octanol–water partition coefficient (Wildman–Crippen LogP) is 4.60. The standard InChI is InChI=1S/C15H22ClNS/c1-2-10-17-14(12-6-5-7-12)11-18-15-9-4-3-8-13(15)16/h3-4,8-9,12,14,17H,2,5-7,10-11H2,1H3. The Kier molecular flexibility index (Phi) is 5.87. The molecule has 3 heteroatoms. The molecule has 18 heavy (non-hydrogen) atoms. The molecule has 1 aliphatic rings. The van der Waals surface area contributed by atoms with Gasteiger partial charge < -0.3 is 5.32 Å². The number of hydrogen-bond acceptors (Lipinski definition) is 2. The van der Waals surface area contributed by atoms with Crippen LogP contribution in [0.3, 0.4) is 0 Å². The lowest BCUT2D eigenvalue weighted by Gasteiger charge is -2.34. The Hall–Kier alpha value is -0.180. The van der Waals surface area contributed by atoms with Gasteiger partial charge in [-0.1, -0.05) is 37.1 Å². The van der Waals surface area contributed by atoms with E-state index < -0.39 is 0 Å². The van der Waals surface area contributed by atoms with Crippen molar-refractivity contribution in [3.8, 4) is 0 Å². The maximum absolute atomic E-state index is 6.20. The average Bonchev–Trinajstić information content (AvgIpc) is 2.32. The monoisotopic (exact) mass is 283 g/mol. The van der Waals surface area contributed by atoms with Gasteiger partial charge >= 0.3 is 0 Å². The Balaban J connectivity index is 1.86. The Morgan fingerprint density at radius 3 is 2.78 bits per heavy atom. The molecule has 0 amide bonds. The Morgan fingerprint density at radius 2 is 2.17 bits per heavy atom. The highest BCUT2D eigenvalue weighted by Crippen LogP contribution is 2.34. The van der Waals surface area contributed by atoms with E-state index in [1.807, 2.05) is 23.9 Å². The van der Waals surface area contributed by atoms with Gasteiger partial charge in [0.1, 0.15) is 0 Å². The third-order valence-corrected chi connectivity index (χ3v) is 5.26. The molecule has 1 aliphatic carbocycles. The molecule has 1 fully saturated rings. The minimum absolute atomic E-state index is 0.653. The van der Waals surface area contributed by atoms with E-state index in [0.717, 1.165) is 23.2 Å². The molecule has 0 heterocycles. The summed E-state index contributed by atoms with van der Waals surface area (Å²) in [7, 11) is 0. The molecule has 0 bridgehead atoms. The van der Waals surface area contributed by atoms with Crippen LogP contribution in [0.15, 0.2) is 29.2 Å². The van der Waals surface area contributed by atoms with Crippen molar-refractivity contribution in [2.24, 2.45) is 5.92 Å². The van der Waals surface area contributed by atoms with Gasteiger partial charge in [0.15, 0.2) is 0 Å². The zero-order valence-corrected chi connectivity index (χ0v) is 12.6. The first kappa shape index (κ1) is 14.2. The van der Waals surface area contributed by atoms with Crippen LogP contribution >= 0.6 is 23.4 Å². The van der Waals surface area contributed by atoms with Crippen LogP contribution in [-0.4, -0.2) is 18.3 Å². The molecule has 1 aromatic rings. The number of hydrogen-bond donors (Lipinski definition) is 1. The van der Waals surface area contributed by atoms with E-state index in [2.05, 4.69) is 24.4 Å². The van der Waals surface area contributed by atoms with Gasteiger partial charge in [-0.05, 0) is 43.9 Å². The molecule has 1 unspecified atom stereocenters. The number of halogens is 1. The third kappa shape index (κ3) is 3.91. The van der Waals surface area contributed by atoms with Crippen LogP contribution in [0.2, 0.25) is 5.02 Å². The van der Waals surface area contributed by atoms with Crippen LogP contribution in [0.1, 0.15) is 32.6 Å². The Morgan fingerprint density at radius 1 is 1.39 bits per heavy atom. The van der Waals surface area contributed by atoms with E-state index in [9.17, 15) is 0 Å². The molecule has 0 aromatic heterocycles. The summed E-state index contributed by atoms with van der Waals surface area (Å²) in [5.41, 5.74) is 0. The molecular formula is C15H22ClNS. The normalized spacial score (nSPS) is 17.4. The smallest absolute Gasteiger partial charge is 0.0541 e. The highest BCUT2D eigenvalue weighted by atomic mass is 35.5.